The monoisotopic (exact) mass is 829 g/mol. The average molecular weight is 830 g/mol. The maximum atomic E-state index is 13.8. The van der Waals surface area contributed by atoms with Crippen LogP contribution in [0.3, 0.4) is 0 Å². The lowest BCUT2D eigenvalue weighted by molar-refractivity contribution is -0.667. The molecule has 0 N–H and O–H groups in total. The number of fused-ring (bicyclic) bond motifs is 2. The number of hydrogen-bond acceptors (Lipinski definition) is 11. The van der Waals surface area contributed by atoms with E-state index in [1.54, 1.807) is 32.9 Å². The Kier molecular flexibility index (Phi) is 12.4. The van der Waals surface area contributed by atoms with Gasteiger partial charge in [0.25, 0.3) is 5.01 Å². The van der Waals surface area contributed by atoms with Crippen molar-refractivity contribution in [2.75, 3.05) is 37.6 Å². The number of aromatic nitrogens is 1. The number of rotatable bonds is 8. The Morgan fingerprint density at radius 2 is 1.25 bits per heavy atom. The summed E-state index contributed by atoms with van der Waals surface area (Å²) in [6.07, 6.45) is 6.71. The van der Waals surface area contributed by atoms with Gasteiger partial charge in [-0.2, -0.15) is 4.57 Å². The van der Waals surface area contributed by atoms with Gasteiger partial charge in [0.2, 0.25) is 17.3 Å². The van der Waals surface area contributed by atoms with Crippen molar-refractivity contribution in [3.05, 3.63) is 70.7 Å². The molecule has 2 saturated heterocycles. The molecule has 0 saturated carbocycles. The first kappa shape index (κ1) is 41.6. The lowest BCUT2D eigenvalue weighted by Crippen LogP contribution is -2.51. The normalized spacial score (nSPS) is 21.7. The van der Waals surface area contributed by atoms with Gasteiger partial charge in [-0.1, -0.05) is 53.4 Å². The molecule has 0 bridgehead atoms. The standard InChI is InChI=1S/C39H51N4O8P2S2/c1-36(2)24-40(25-37(3,4)49-52(46)48-36)32(44)20-22-42-28-14-9-11-16-30(28)54-34(42)18-13-19-35-43(29-15-10-12-17-31(29)55-35)23-21-33(45)41-26-38(5,6)50-53(47)51-39(7,8)27-41/h9-19H,20-27H2,1-8H3/q+3. The number of carbonyl (C=O) groups excluding carboxylic acids is 2. The molecule has 0 aliphatic carbocycles. The van der Waals surface area contributed by atoms with Gasteiger partial charge in [0.05, 0.1) is 43.3 Å². The van der Waals surface area contributed by atoms with Gasteiger partial charge in [0.1, 0.15) is 27.1 Å². The predicted molar refractivity (Wildman–Crippen MR) is 217 cm³/mol. The molecule has 3 aliphatic heterocycles. The largest absolute Gasteiger partial charge is 0.698 e. The molecule has 1 aromatic heterocycles. The molecule has 2 fully saturated rings. The van der Waals surface area contributed by atoms with Gasteiger partial charge in [0.15, 0.2) is 6.54 Å². The van der Waals surface area contributed by atoms with Crippen molar-refractivity contribution in [2.24, 2.45) is 0 Å². The minimum atomic E-state index is -2.30. The van der Waals surface area contributed by atoms with Gasteiger partial charge in [0, 0.05) is 39.1 Å². The van der Waals surface area contributed by atoms with Crippen LogP contribution in [0.2, 0.25) is 0 Å². The zero-order chi connectivity index (χ0) is 39.8. The van der Waals surface area contributed by atoms with Crippen LogP contribution in [-0.4, -0.2) is 76.7 Å². The number of carbonyl (C=O) groups is 2. The Balaban J connectivity index is 1.19. The maximum Gasteiger partial charge on any atom is 0.698 e. The second-order valence-electron chi connectivity index (χ2n) is 16.5. The highest BCUT2D eigenvalue weighted by molar-refractivity contribution is 8.03. The van der Waals surface area contributed by atoms with Gasteiger partial charge >= 0.3 is 16.5 Å². The first-order valence-corrected chi connectivity index (χ1v) is 22.2. The molecule has 12 nitrogen and oxygen atoms in total. The summed E-state index contributed by atoms with van der Waals surface area (Å²) in [4.78, 5) is 34.3. The Hall–Kier alpha value is -3.06. The molecule has 3 aromatic rings. The van der Waals surface area contributed by atoms with Gasteiger partial charge < -0.3 is 14.7 Å². The fourth-order valence-corrected chi connectivity index (χ4v) is 11.1. The zero-order valence-corrected chi connectivity index (χ0v) is 36.2. The second kappa shape index (κ2) is 16.4. The molecule has 0 radical (unpaired) electrons. The van der Waals surface area contributed by atoms with Crippen LogP contribution >= 0.6 is 39.6 Å². The molecule has 6 rings (SSSR count). The molecule has 3 aliphatic rings. The van der Waals surface area contributed by atoms with Crippen molar-refractivity contribution >= 4 is 73.4 Å². The van der Waals surface area contributed by atoms with E-state index in [-0.39, 0.29) is 24.7 Å². The molecule has 0 atom stereocenters. The highest BCUT2D eigenvalue weighted by Crippen LogP contribution is 2.46. The molecular weight excluding hydrogens is 779 g/mol. The van der Waals surface area contributed by atoms with E-state index in [2.05, 4.69) is 45.9 Å². The molecule has 0 unspecified atom stereocenters. The highest BCUT2D eigenvalue weighted by Gasteiger charge is 2.47. The van der Waals surface area contributed by atoms with Crippen LogP contribution in [0.25, 0.3) is 16.3 Å². The topological polar surface area (TPSA) is 119 Å². The molecule has 294 valence electrons. The number of nitrogens with zero attached hydrogens (tertiary/aromatic N) is 4. The first-order valence-electron chi connectivity index (χ1n) is 18.4. The SMILES string of the molecule is CC1(C)CN(C(=O)CCN2/C(=C\C=C\c3sc4ccccc4[n+]3CCC(=O)N3CC(C)(C)O[P+](=O)OC(C)(C)C3)Sc3ccccc32)CC(C)(C)O[P+](=O)O1. The van der Waals surface area contributed by atoms with Crippen LogP contribution < -0.4 is 9.47 Å². The molecular formula is C39H51N4O8P2S2+3. The quantitative estimate of drug-likeness (QED) is 0.161. The zero-order valence-electron chi connectivity index (χ0n) is 32.8. The number of para-hydroxylation sites is 2. The molecule has 16 heteroatoms. The van der Waals surface area contributed by atoms with Crippen molar-refractivity contribution in [3.8, 4) is 0 Å². The van der Waals surface area contributed by atoms with E-state index in [0.717, 1.165) is 30.8 Å². The Bertz CT molecular complexity index is 2000. The number of benzene rings is 2. The summed E-state index contributed by atoms with van der Waals surface area (Å²) in [6, 6.07) is 16.4. The Morgan fingerprint density at radius 1 is 0.745 bits per heavy atom. The van der Waals surface area contributed by atoms with E-state index in [1.165, 1.54) is 0 Å². The molecule has 2 amide bonds. The molecule has 2 aromatic carbocycles. The summed E-state index contributed by atoms with van der Waals surface area (Å²) in [5, 5.41) is 2.00. The van der Waals surface area contributed by atoms with E-state index >= 15 is 0 Å². The van der Waals surface area contributed by atoms with Crippen LogP contribution in [0, 0.1) is 0 Å². The Labute approximate surface area is 333 Å². The minimum Gasteiger partial charge on any atom is -0.337 e. The number of hydrogen-bond donors (Lipinski definition) is 0. The van der Waals surface area contributed by atoms with Crippen molar-refractivity contribution in [2.45, 2.75) is 102 Å². The van der Waals surface area contributed by atoms with E-state index in [1.807, 2.05) is 85.7 Å². The summed E-state index contributed by atoms with van der Waals surface area (Å²) >= 11 is 3.32. The maximum absolute atomic E-state index is 13.8. The summed E-state index contributed by atoms with van der Waals surface area (Å²) in [5.41, 5.74) is -1.20. The van der Waals surface area contributed by atoms with Gasteiger partial charge in [-0.3, -0.25) is 9.59 Å². The molecule has 0 spiro atoms. The van der Waals surface area contributed by atoms with Gasteiger partial charge in [-0.05, 0) is 79.7 Å². The molecule has 4 heterocycles. The smallest absolute Gasteiger partial charge is 0.337 e. The van der Waals surface area contributed by atoms with E-state index in [4.69, 9.17) is 18.1 Å². The van der Waals surface area contributed by atoms with Crippen LogP contribution in [0.15, 0.2) is 70.6 Å². The highest BCUT2D eigenvalue weighted by atomic mass is 32.2. The average Bonchev–Trinajstić information content (AvgIpc) is 3.59. The number of thiazole rings is 1. The van der Waals surface area contributed by atoms with Crippen molar-refractivity contribution in [1.29, 1.82) is 0 Å². The summed E-state index contributed by atoms with van der Waals surface area (Å²) in [6.45, 7) is 16.7. The third-order valence-corrected chi connectivity index (χ3v) is 14.0. The van der Waals surface area contributed by atoms with Gasteiger partial charge in [-0.15, -0.1) is 18.1 Å². The van der Waals surface area contributed by atoms with Crippen LogP contribution in [0.4, 0.5) is 5.69 Å². The van der Waals surface area contributed by atoms with E-state index < -0.39 is 38.9 Å². The number of allylic oxidation sites excluding steroid dienone is 2. The first-order chi connectivity index (χ1) is 25.8. The Morgan fingerprint density at radius 3 is 1.84 bits per heavy atom. The van der Waals surface area contributed by atoms with E-state index in [0.29, 0.717) is 39.3 Å². The predicted octanol–water partition coefficient (Wildman–Crippen LogP) is 8.62. The lowest BCUT2D eigenvalue weighted by Gasteiger charge is -2.35. The summed E-state index contributed by atoms with van der Waals surface area (Å²) in [7, 11) is -4.59. The molecule has 55 heavy (non-hydrogen) atoms. The fourth-order valence-electron chi connectivity index (χ4n) is 7.02. The third kappa shape index (κ3) is 10.7. The lowest BCUT2D eigenvalue weighted by atomic mass is 10.1. The van der Waals surface area contributed by atoms with Crippen LogP contribution in [0.1, 0.15) is 73.2 Å². The van der Waals surface area contributed by atoms with Gasteiger partial charge in [-0.25, -0.2) is 0 Å². The fraction of sp³-hybridized carbons (Fsp3) is 0.513. The number of anilines is 1. The second-order valence-corrected chi connectivity index (χ2v) is 20.2. The van der Waals surface area contributed by atoms with Crippen molar-refractivity contribution in [3.63, 3.8) is 0 Å². The summed E-state index contributed by atoms with van der Waals surface area (Å²) in [5.74, 6) is -0.0667. The van der Waals surface area contributed by atoms with Crippen molar-refractivity contribution < 1.29 is 41.4 Å². The van der Waals surface area contributed by atoms with Crippen molar-refractivity contribution in [1.82, 2.24) is 9.80 Å². The van der Waals surface area contributed by atoms with E-state index in [9.17, 15) is 18.7 Å². The number of thioether (sulfide) groups is 1. The van der Waals surface area contributed by atoms with Crippen LogP contribution in [0.5, 0.6) is 0 Å². The van der Waals surface area contributed by atoms with Crippen LogP contribution in [-0.2, 0) is 43.4 Å². The number of amides is 2. The number of aryl methyl sites for hydroxylation is 1. The minimum absolute atomic E-state index is 0.0333. The third-order valence-electron chi connectivity index (χ3n) is 9.13. The summed E-state index contributed by atoms with van der Waals surface area (Å²) < 4.78 is 50.6.